The minimum atomic E-state index is 0.136. The fraction of sp³-hybridized carbons (Fsp3) is 0.667. The molecule has 3 heteroatoms. The third-order valence-corrected chi connectivity index (χ3v) is 4.62. The summed E-state index contributed by atoms with van der Waals surface area (Å²) in [4.78, 5) is 2.43. The standard InChI is InChI=1S/C18H29NO2/c1-3-8-18(15-20)9-10-19(14-18)11-12-21-17-7-5-6-16(4-2)13-17/h5-7,13,20H,3-4,8-12,14-15H2,1-2H3. The quantitative estimate of drug-likeness (QED) is 0.799. The Morgan fingerprint density at radius 3 is 2.90 bits per heavy atom. The molecule has 1 fully saturated rings. The first-order valence-corrected chi connectivity index (χ1v) is 8.26. The predicted molar refractivity (Wildman–Crippen MR) is 86.8 cm³/mol. The van der Waals surface area contributed by atoms with Crippen LogP contribution < -0.4 is 4.74 Å². The van der Waals surface area contributed by atoms with Crippen LogP contribution in [-0.4, -0.2) is 42.9 Å². The molecular weight excluding hydrogens is 262 g/mol. The van der Waals surface area contributed by atoms with E-state index in [1.165, 1.54) is 5.56 Å². The first-order chi connectivity index (χ1) is 10.2. The summed E-state index contributed by atoms with van der Waals surface area (Å²) >= 11 is 0. The van der Waals surface area contributed by atoms with Gasteiger partial charge in [-0.05, 0) is 43.5 Å². The fourth-order valence-corrected chi connectivity index (χ4v) is 3.31. The molecule has 1 aromatic carbocycles. The van der Waals surface area contributed by atoms with Gasteiger partial charge in [0.15, 0.2) is 0 Å². The van der Waals surface area contributed by atoms with E-state index in [9.17, 15) is 5.11 Å². The van der Waals surface area contributed by atoms with Crippen molar-refractivity contribution < 1.29 is 9.84 Å². The van der Waals surface area contributed by atoms with E-state index in [1.807, 2.05) is 6.07 Å². The van der Waals surface area contributed by atoms with E-state index >= 15 is 0 Å². The van der Waals surface area contributed by atoms with Crippen LogP contribution >= 0.6 is 0 Å². The molecule has 1 unspecified atom stereocenters. The second kappa shape index (κ2) is 7.81. The Kier molecular flexibility index (Phi) is 6.07. The minimum Gasteiger partial charge on any atom is -0.492 e. The van der Waals surface area contributed by atoms with Crippen molar-refractivity contribution in [1.29, 1.82) is 0 Å². The van der Waals surface area contributed by atoms with E-state index in [1.54, 1.807) is 0 Å². The lowest BCUT2D eigenvalue weighted by atomic mass is 9.83. The number of aryl methyl sites for hydroxylation is 1. The number of ether oxygens (including phenoxy) is 1. The topological polar surface area (TPSA) is 32.7 Å². The lowest BCUT2D eigenvalue weighted by Gasteiger charge is -2.26. The SMILES string of the molecule is CCCC1(CO)CCN(CCOc2cccc(CC)c2)C1. The van der Waals surface area contributed by atoms with Gasteiger partial charge in [0.2, 0.25) is 0 Å². The molecule has 21 heavy (non-hydrogen) atoms. The molecule has 0 spiro atoms. The molecule has 1 heterocycles. The van der Waals surface area contributed by atoms with Crippen molar-refractivity contribution in [1.82, 2.24) is 4.90 Å². The molecule has 1 N–H and O–H groups in total. The number of hydrogen-bond donors (Lipinski definition) is 1. The number of rotatable bonds is 8. The number of aliphatic hydroxyl groups excluding tert-OH is 1. The van der Waals surface area contributed by atoms with Crippen LogP contribution in [0.4, 0.5) is 0 Å². The van der Waals surface area contributed by atoms with E-state index in [0.29, 0.717) is 6.61 Å². The predicted octanol–water partition coefficient (Wildman–Crippen LogP) is 3.11. The van der Waals surface area contributed by atoms with Crippen molar-refractivity contribution in [2.24, 2.45) is 5.41 Å². The lowest BCUT2D eigenvalue weighted by Crippen LogP contribution is -2.32. The minimum absolute atomic E-state index is 0.136. The van der Waals surface area contributed by atoms with Crippen LogP contribution in [0.25, 0.3) is 0 Å². The number of hydrogen-bond acceptors (Lipinski definition) is 3. The molecule has 0 aliphatic carbocycles. The Labute approximate surface area is 128 Å². The summed E-state index contributed by atoms with van der Waals surface area (Å²) in [5.41, 5.74) is 1.45. The molecule has 1 atom stereocenters. The van der Waals surface area contributed by atoms with Gasteiger partial charge in [0.25, 0.3) is 0 Å². The maximum absolute atomic E-state index is 9.67. The summed E-state index contributed by atoms with van der Waals surface area (Å²) in [5, 5.41) is 9.67. The molecule has 118 valence electrons. The van der Waals surface area contributed by atoms with Crippen molar-refractivity contribution in [3.8, 4) is 5.75 Å². The smallest absolute Gasteiger partial charge is 0.119 e. The Balaban J connectivity index is 1.76. The van der Waals surface area contributed by atoms with Crippen LogP contribution in [0.15, 0.2) is 24.3 Å². The van der Waals surface area contributed by atoms with Gasteiger partial charge in [-0.15, -0.1) is 0 Å². The number of likely N-dealkylation sites (tertiary alicyclic amines) is 1. The van der Waals surface area contributed by atoms with Gasteiger partial charge in [0.05, 0.1) is 0 Å². The Hall–Kier alpha value is -1.06. The fourth-order valence-electron chi connectivity index (χ4n) is 3.31. The van der Waals surface area contributed by atoms with Crippen molar-refractivity contribution in [2.75, 3.05) is 32.8 Å². The number of nitrogens with zero attached hydrogens (tertiary/aromatic N) is 1. The summed E-state index contributed by atoms with van der Waals surface area (Å²) in [7, 11) is 0. The van der Waals surface area contributed by atoms with Gasteiger partial charge in [-0.3, -0.25) is 4.90 Å². The van der Waals surface area contributed by atoms with E-state index in [0.717, 1.165) is 57.7 Å². The van der Waals surface area contributed by atoms with Gasteiger partial charge < -0.3 is 9.84 Å². The highest BCUT2D eigenvalue weighted by atomic mass is 16.5. The van der Waals surface area contributed by atoms with E-state index in [2.05, 4.69) is 36.9 Å². The monoisotopic (exact) mass is 291 g/mol. The first-order valence-electron chi connectivity index (χ1n) is 8.26. The zero-order chi connectivity index (χ0) is 15.1. The maximum atomic E-state index is 9.67. The summed E-state index contributed by atoms with van der Waals surface area (Å²) in [5.74, 6) is 0.968. The van der Waals surface area contributed by atoms with Crippen LogP contribution in [0.2, 0.25) is 0 Å². The Morgan fingerprint density at radius 1 is 1.33 bits per heavy atom. The highest BCUT2D eigenvalue weighted by molar-refractivity contribution is 5.28. The third-order valence-electron chi connectivity index (χ3n) is 4.62. The average Bonchev–Trinajstić information content (AvgIpc) is 2.92. The molecule has 0 saturated carbocycles. The molecule has 0 amide bonds. The molecule has 1 aliphatic rings. The largest absolute Gasteiger partial charge is 0.492 e. The van der Waals surface area contributed by atoms with Crippen LogP contribution in [0, 0.1) is 5.41 Å². The van der Waals surface area contributed by atoms with Gasteiger partial charge in [-0.2, -0.15) is 0 Å². The zero-order valence-electron chi connectivity index (χ0n) is 13.5. The lowest BCUT2D eigenvalue weighted by molar-refractivity contribution is 0.115. The van der Waals surface area contributed by atoms with E-state index < -0.39 is 0 Å². The van der Waals surface area contributed by atoms with Gasteiger partial charge in [0.1, 0.15) is 12.4 Å². The van der Waals surface area contributed by atoms with Gasteiger partial charge in [0, 0.05) is 25.1 Å². The number of benzene rings is 1. The van der Waals surface area contributed by atoms with Crippen molar-refractivity contribution in [3.05, 3.63) is 29.8 Å². The Morgan fingerprint density at radius 2 is 2.19 bits per heavy atom. The molecule has 0 radical (unpaired) electrons. The van der Waals surface area contributed by atoms with Gasteiger partial charge in [-0.25, -0.2) is 0 Å². The van der Waals surface area contributed by atoms with E-state index in [4.69, 9.17) is 4.74 Å². The molecule has 1 aliphatic heterocycles. The summed E-state index contributed by atoms with van der Waals surface area (Å²) < 4.78 is 5.87. The Bertz CT molecular complexity index is 435. The van der Waals surface area contributed by atoms with Crippen molar-refractivity contribution >= 4 is 0 Å². The van der Waals surface area contributed by atoms with Crippen LogP contribution in [0.3, 0.4) is 0 Å². The van der Waals surface area contributed by atoms with Crippen molar-refractivity contribution in [3.63, 3.8) is 0 Å². The van der Waals surface area contributed by atoms with E-state index in [-0.39, 0.29) is 5.41 Å². The second-order valence-electron chi connectivity index (χ2n) is 6.28. The molecule has 1 aromatic rings. The molecular formula is C18H29NO2. The van der Waals surface area contributed by atoms with Gasteiger partial charge in [-0.1, -0.05) is 32.4 Å². The van der Waals surface area contributed by atoms with Crippen LogP contribution in [0.1, 0.15) is 38.7 Å². The first kappa shape index (κ1) is 16.3. The number of aliphatic hydroxyl groups is 1. The molecule has 0 bridgehead atoms. The molecule has 0 aromatic heterocycles. The second-order valence-corrected chi connectivity index (χ2v) is 6.28. The molecule has 3 nitrogen and oxygen atoms in total. The summed E-state index contributed by atoms with van der Waals surface area (Å²) in [6.45, 7) is 8.43. The normalized spacial score (nSPS) is 22.6. The molecule has 1 saturated heterocycles. The zero-order valence-corrected chi connectivity index (χ0v) is 13.5. The summed E-state index contributed by atoms with van der Waals surface area (Å²) in [6.07, 6.45) is 4.43. The van der Waals surface area contributed by atoms with Crippen molar-refractivity contribution in [2.45, 2.75) is 39.5 Å². The maximum Gasteiger partial charge on any atom is 0.119 e. The van der Waals surface area contributed by atoms with Crippen LogP contribution in [0.5, 0.6) is 5.75 Å². The summed E-state index contributed by atoms with van der Waals surface area (Å²) in [6, 6.07) is 8.34. The van der Waals surface area contributed by atoms with Gasteiger partial charge >= 0.3 is 0 Å². The van der Waals surface area contributed by atoms with Crippen LogP contribution in [-0.2, 0) is 6.42 Å². The molecule has 2 rings (SSSR count). The highest BCUT2D eigenvalue weighted by Crippen LogP contribution is 2.34. The average molecular weight is 291 g/mol. The highest BCUT2D eigenvalue weighted by Gasteiger charge is 2.36. The third kappa shape index (κ3) is 4.45.